The fourth-order valence-electron chi connectivity index (χ4n) is 2.45. The van der Waals surface area contributed by atoms with Crippen molar-refractivity contribution in [2.45, 2.75) is 51.9 Å². The molecule has 0 amide bonds. The molecule has 0 aliphatic rings. The summed E-state index contributed by atoms with van der Waals surface area (Å²) >= 11 is 3.66. The Bertz CT molecular complexity index is 338. The lowest BCUT2D eigenvalue weighted by molar-refractivity contribution is 0.403. The first-order valence-corrected chi connectivity index (χ1v) is 8.61. The van der Waals surface area contributed by atoms with Crippen molar-refractivity contribution in [3.05, 3.63) is 29.8 Å². The molecular weight excluding hydrogens is 300 g/mol. The number of hydrogen-bond acceptors (Lipinski definition) is 1. The highest BCUT2D eigenvalue weighted by molar-refractivity contribution is 9.09. The van der Waals surface area contributed by atoms with Gasteiger partial charge in [0.2, 0.25) is 0 Å². The van der Waals surface area contributed by atoms with Gasteiger partial charge in [0, 0.05) is 5.33 Å². The minimum atomic E-state index is 0.720. The van der Waals surface area contributed by atoms with Crippen LogP contribution in [0.4, 0.5) is 0 Å². The van der Waals surface area contributed by atoms with Gasteiger partial charge in [-0.2, -0.15) is 0 Å². The Morgan fingerprint density at radius 3 is 2.53 bits per heavy atom. The van der Waals surface area contributed by atoms with Crippen LogP contribution in [0, 0.1) is 5.92 Å². The average Bonchev–Trinajstić information content (AvgIpc) is 2.46. The van der Waals surface area contributed by atoms with Crippen molar-refractivity contribution in [1.29, 1.82) is 0 Å². The molecule has 0 aliphatic heterocycles. The van der Waals surface area contributed by atoms with Gasteiger partial charge in [0.15, 0.2) is 0 Å². The number of halogens is 1. The summed E-state index contributed by atoms with van der Waals surface area (Å²) in [5, 5.41) is 1.08. The van der Waals surface area contributed by atoms with E-state index in [2.05, 4.69) is 41.1 Å². The highest BCUT2D eigenvalue weighted by Gasteiger charge is 2.11. The van der Waals surface area contributed by atoms with E-state index in [0.717, 1.165) is 23.4 Å². The largest absolute Gasteiger partial charge is 0.496 e. The number of benzene rings is 1. The summed E-state index contributed by atoms with van der Waals surface area (Å²) in [6.45, 7) is 2.27. The molecule has 1 aromatic rings. The van der Waals surface area contributed by atoms with Crippen molar-refractivity contribution in [2.75, 3.05) is 12.4 Å². The minimum Gasteiger partial charge on any atom is -0.496 e. The quantitative estimate of drug-likeness (QED) is 0.401. The predicted octanol–water partition coefficient (Wildman–Crippen LogP) is 5.61. The minimum absolute atomic E-state index is 0.720. The summed E-state index contributed by atoms with van der Waals surface area (Å²) in [5.41, 5.74) is 1.34. The van der Waals surface area contributed by atoms with E-state index < -0.39 is 0 Å². The van der Waals surface area contributed by atoms with Gasteiger partial charge in [-0.1, -0.05) is 73.2 Å². The zero-order chi connectivity index (χ0) is 13.9. The van der Waals surface area contributed by atoms with Gasteiger partial charge in [0.25, 0.3) is 0 Å². The van der Waals surface area contributed by atoms with Gasteiger partial charge >= 0.3 is 0 Å². The Morgan fingerprint density at radius 1 is 1.11 bits per heavy atom. The van der Waals surface area contributed by atoms with Crippen LogP contribution >= 0.6 is 15.9 Å². The summed E-state index contributed by atoms with van der Waals surface area (Å²) in [4.78, 5) is 0. The van der Waals surface area contributed by atoms with Gasteiger partial charge in [-0.25, -0.2) is 0 Å². The third-order valence-corrected chi connectivity index (χ3v) is 4.55. The fourth-order valence-corrected chi connectivity index (χ4v) is 3.01. The van der Waals surface area contributed by atoms with E-state index in [4.69, 9.17) is 4.74 Å². The van der Waals surface area contributed by atoms with Crippen LogP contribution in [0.2, 0.25) is 0 Å². The van der Waals surface area contributed by atoms with Crippen molar-refractivity contribution in [2.24, 2.45) is 5.92 Å². The highest BCUT2D eigenvalue weighted by Crippen LogP contribution is 2.24. The van der Waals surface area contributed by atoms with Gasteiger partial charge < -0.3 is 4.74 Å². The molecule has 2 heteroatoms. The average molecular weight is 327 g/mol. The molecule has 0 spiro atoms. The lowest BCUT2D eigenvalue weighted by atomic mass is 9.94. The second-order valence-corrected chi connectivity index (χ2v) is 5.89. The normalized spacial score (nSPS) is 12.4. The molecule has 19 heavy (non-hydrogen) atoms. The van der Waals surface area contributed by atoms with Gasteiger partial charge in [0.05, 0.1) is 7.11 Å². The van der Waals surface area contributed by atoms with E-state index in [0.29, 0.717) is 0 Å². The van der Waals surface area contributed by atoms with Crippen LogP contribution in [0.5, 0.6) is 5.75 Å². The van der Waals surface area contributed by atoms with Crippen molar-refractivity contribution < 1.29 is 4.74 Å². The van der Waals surface area contributed by atoms with Crippen LogP contribution < -0.4 is 4.74 Å². The van der Waals surface area contributed by atoms with Crippen molar-refractivity contribution in [1.82, 2.24) is 0 Å². The molecule has 0 N–H and O–H groups in total. The van der Waals surface area contributed by atoms with Crippen LogP contribution in [0.15, 0.2) is 24.3 Å². The molecule has 1 atom stereocenters. The van der Waals surface area contributed by atoms with E-state index >= 15 is 0 Å². The lowest BCUT2D eigenvalue weighted by Crippen LogP contribution is -2.07. The summed E-state index contributed by atoms with van der Waals surface area (Å²) < 4.78 is 5.43. The molecule has 0 aliphatic carbocycles. The molecule has 0 saturated carbocycles. The molecule has 0 radical (unpaired) electrons. The molecule has 0 fully saturated rings. The smallest absolute Gasteiger partial charge is 0.122 e. The van der Waals surface area contributed by atoms with Crippen molar-refractivity contribution in [3.8, 4) is 5.75 Å². The third-order valence-electron chi connectivity index (χ3n) is 3.64. The summed E-state index contributed by atoms with van der Waals surface area (Å²) in [6, 6.07) is 8.38. The van der Waals surface area contributed by atoms with E-state index in [1.54, 1.807) is 7.11 Å². The molecule has 1 nitrogen and oxygen atoms in total. The maximum absolute atomic E-state index is 5.43. The highest BCUT2D eigenvalue weighted by atomic mass is 79.9. The lowest BCUT2D eigenvalue weighted by Gasteiger charge is -2.16. The third kappa shape index (κ3) is 6.47. The maximum atomic E-state index is 5.43. The first-order valence-electron chi connectivity index (χ1n) is 7.49. The molecule has 0 saturated heterocycles. The first-order chi connectivity index (χ1) is 9.31. The summed E-state index contributed by atoms with van der Waals surface area (Å²) in [7, 11) is 1.76. The van der Waals surface area contributed by atoms with E-state index in [1.165, 1.54) is 44.1 Å². The SMILES string of the molecule is CCCCCCCC(CBr)Cc1ccccc1OC. The Kier molecular flexibility index (Phi) is 8.98. The topological polar surface area (TPSA) is 9.23 Å². The molecule has 0 bridgehead atoms. The molecule has 1 aromatic carbocycles. The molecule has 1 unspecified atom stereocenters. The Balaban J connectivity index is 2.38. The van der Waals surface area contributed by atoms with Crippen molar-refractivity contribution >= 4 is 15.9 Å². The fraction of sp³-hybridized carbons (Fsp3) is 0.647. The van der Waals surface area contributed by atoms with Gasteiger partial charge in [-0.05, 0) is 30.4 Å². The number of methoxy groups -OCH3 is 1. The molecular formula is C17H27BrO. The zero-order valence-electron chi connectivity index (χ0n) is 12.3. The zero-order valence-corrected chi connectivity index (χ0v) is 13.9. The number of alkyl halides is 1. The number of rotatable bonds is 10. The number of hydrogen-bond donors (Lipinski definition) is 0. The van der Waals surface area contributed by atoms with Crippen LogP contribution in [0.1, 0.15) is 51.0 Å². The molecule has 1 rings (SSSR count). The monoisotopic (exact) mass is 326 g/mol. The first kappa shape index (κ1) is 16.6. The predicted molar refractivity (Wildman–Crippen MR) is 87.4 cm³/mol. The van der Waals surface area contributed by atoms with E-state index in [-0.39, 0.29) is 0 Å². The number of ether oxygens (including phenoxy) is 1. The Labute approximate surface area is 126 Å². The van der Waals surface area contributed by atoms with Crippen molar-refractivity contribution in [3.63, 3.8) is 0 Å². The van der Waals surface area contributed by atoms with E-state index in [1.807, 2.05) is 6.07 Å². The standard InChI is InChI=1S/C17H27BrO/c1-3-4-5-6-7-10-15(14-18)13-16-11-8-9-12-17(16)19-2/h8-9,11-12,15H,3-7,10,13-14H2,1-2H3. The number of unbranched alkanes of at least 4 members (excludes halogenated alkanes) is 4. The van der Waals surface area contributed by atoms with Crippen LogP contribution in [0.25, 0.3) is 0 Å². The second-order valence-electron chi connectivity index (χ2n) is 5.24. The van der Waals surface area contributed by atoms with Crippen LogP contribution in [0.3, 0.4) is 0 Å². The molecule has 108 valence electrons. The number of para-hydroxylation sites is 1. The second kappa shape index (κ2) is 10.3. The summed E-state index contributed by atoms with van der Waals surface area (Å²) in [5.74, 6) is 1.75. The summed E-state index contributed by atoms with van der Waals surface area (Å²) in [6.07, 6.45) is 9.25. The van der Waals surface area contributed by atoms with Gasteiger partial charge in [-0.3, -0.25) is 0 Å². The maximum Gasteiger partial charge on any atom is 0.122 e. The molecule has 0 heterocycles. The Hall–Kier alpha value is -0.500. The van der Waals surface area contributed by atoms with Crippen LogP contribution in [-0.4, -0.2) is 12.4 Å². The Morgan fingerprint density at radius 2 is 1.84 bits per heavy atom. The molecule has 0 aromatic heterocycles. The van der Waals surface area contributed by atoms with Crippen LogP contribution in [-0.2, 0) is 6.42 Å². The van der Waals surface area contributed by atoms with Gasteiger partial charge in [0.1, 0.15) is 5.75 Å². The van der Waals surface area contributed by atoms with Gasteiger partial charge in [-0.15, -0.1) is 0 Å². The van der Waals surface area contributed by atoms with E-state index in [9.17, 15) is 0 Å².